The lowest BCUT2D eigenvalue weighted by Gasteiger charge is -2.45. The molecule has 1 aliphatic heterocycles. The van der Waals surface area contributed by atoms with Crippen molar-refractivity contribution in [2.24, 2.45) is 5.92 Å². The molecule has 1 fully saturated rings. The topological polar surface area (TPSA) is 55.8 Å². The minimum atomic E-state index is -1.64. The highest BCUT2D eigenvalue weighted by Crippen LogP contribution is 2.47. The van der Waals surface area contributed by atoms with E-state index in [0.717, 1.165) is 11.1 Å². The number of carbonyl (C=O) groups is 1. The van der Waals surface area contributed by atoms with Crippen molar-refractivity contribution >= 4 is 5.78 Å². The third-order valence-electron chi connectivity index (χ3n) is 4.46. The van der Waals surface area contributed by atoms with E-state index in [0.29, 0.717) is 6.42 Å². The molecule has 2 aromatic rings. The number of hydrogen-bond acceptors (Lipinski definition) is 4. The van der Waals surface area contributed by atoms with E-state index < -0.39 is 17.3 Å². The minimum absolute atomic E-state index is 0.130. The molecule has 1 saturated heterocycles. The zero-order valence-corrected chi connectivity index (χ0v) is 13.2. The lowest BCUT2D eigenvalue weighted by molar-refractivity contribution is -0.487. The number of hydrogen-bond donors (Lipinski definition) is 1. The summed E-state index contributed by atoms with van der Waals surface area (Å²) in [7, 11) is 0. The van der Waals surface area contributed by atoms with Crippen LogP contribution in [-0.2, 0) is 20.2 Å². The molecule has 120 valence electrons. The molecule has 4 nitrogen and oxygen atoms in total. The molecular weight excluding hydrogens is 292 g/mol. The first-order valence-corrected chi connectivity index (χ1v) is 7.66. The Morgan fingerprint density at radius 1 is 1.00 bits per heavy atom. The smallest absolute Gasteiger partial charge is 0.206 e. The Hall–Kier alpha value is -2.01. The summed E-state index contributed by atoms with van der Waals surface area (Å²) in [5.41, 5.74) is 0.835. The van der Waals surface area contributed by atoms with Crippen LogP contribution in [0, 0.1) is 5.92 Å². The summed E-state index contributed by atoms with van der Waals surface area (Å²) in [6.45, 7) is 2.92. The van der Waals surface area contributed by atoms with Crippen molar-refractivity contribution in [1.82, 2.24) is 0 Å². The van der Waals surface area contributed by atoms with E-state index in [1.807, 2.05) is 60.7 Å². The van der Waals surface area contributed by atoms with E-state index in [1.165, 1.54) is 13.8 Å². The molecule has 1 aliphatic rings. The lowest BCUT2D eigenvalue weighted by Crippen LogP contribution is -2.52. The van der Waals surface area contributed by atoms with Crippen LogP contribution < -0.4 is 0 Å². The predicted octanol–water partition coefficient (Wildman–Crippen LogP) is 3.20. The third kappa shape index (κ3) is 2.81. The largest absolute Gasteiger partial charge is 0.363 e. The summed E-state index contributed by atoms with van der Waals surface area (Å²) >= 11 is 0. The van der Waals surface area contributed by atoms with Crippen molar-refractivity contribution < 1.29 is 19.7 Å². The molecule has 0 bridgehead atoms. The number of aliphatic hydroxyl groups is 1. The van der Waals surface area contributed by atoms with E-state index in [2.05, 4.69) is 0 Å². The Labute approximate surface area is 135 Å². The van der Waals surface area contributed by atoms with Gasteiger partial charge in [0.05, 0.1) is 5.92 Å². The highest BCUT2D eigenvalue weighted by atomic mass is 17.2. The fraction of sp³-hybridized carbons (Fsp3) is 0.316. The zero-order valence-electron chi connectivity index (χ0n) is 13.2. The Morgan fingerprint density at radius 2 is 1.48 bits per heavy atom. The molecule has 3 rings (SSSR count). The van der Waals surface area contributed by atoms with Crippen LogP contribution in [-0.4, -0.2) is 16.7 Å². The number of benzene rings is 2. The van der Waals surface area contributed by atoms with Gasteiger partial charge in [0.25, 0.3) is 0 Å². The van der Waals surface area contributed by atoms with Crippen molar-refractivity contribution in [2.45, 2.75) is 31.7 Å². The Morgan fingerprint density at radius 3 is 1.91 bits per heavy atom. The Kier molecular flexibility index (Phi) is 4.06. The molecule has 0 radical (unpaired) electrons. The van der Waals surface area contributed by atoms with E-state index >= 15 is 0 Å². The average Bonchev–Trinajstić information content (AvgIpc) is 2.56. The molecule has 0 unspecified atom stereocenters. The third-order valence-corrected chi connectivity index (χ3v) is 4.46. The van der Waals surface area contributed by atoms with Gasteiger partial charge in [-0.2, -0.15) is 4.89 Å². The van der Waals surface area contributed by atoms with Crippen molar-refractivity contribution in [3.8, 4) is 0 Å². The Balaban J connectivity index is 2.13. The summed E-state index contributed by atoms with van der Waals surface area (Å²) in [5, 5.41) is 10.4. The number of carbonyl (C=O) groups excluding carboxylic acids is 1. The van der Waals surface area contributed by atoms with E-state index in [-0.39, 0.29) is 5.78 Å². The van der Waals surface area contributed by atoms with Crippen LogP contribution >= 0.6 is 0 Å². The predicted molar refractivity (Wildman–Crippen MR) is 85.2 cm³/mol. The van der Waals surface area contributed by atoms with E-state index in [1.54, 1.807) is 0 Å². The van der Waals surface area contributed by atoms with Crippen LogP contribution in [0.3, 0.4) is 0 Å². The van der Waals surface area contributed by atoms with Gasteiger partial charge in [0.1, 0.15) is 5.78 Å². The van der Waals surface area contributed by atoms with Crippen LogP contribution in [0.5, 0.6) is 0 Å². The molecule has 2 atom stereocenters. The summed E-state index contributed by atoms with van der Waals surface area (Å²) in [4.78, 5) is 23.1. The normalized spacial score (nSPS) is 26.7. The van der Waals surface area contributed by atoms with Crippen molar-refractivity contribution in [3.05, 3.63) is 71.8 Å². The van der Waals surface area contributed by atoms with Gasteiger partial charge in [-0.05, 0) is 25.0 Å². The summed E-state index contributed by atoms with van der Waals surface area (Å²) in [6, 6.07) is 19.3. The van der Waals surface area contributed by atoms with Crippen LogP contribution in [0.25, 0.3) is 0 Å². The molecule has 0 saturated carbocycles. The van der Waals surface area contributed by atoms with Gasteiger partial charge in [0, 0.05) is 6.42 Å². The second kappa shape index (κ2) is 5.89. The van der Waals surface area contributed by atoms with Crippen LogP contribution in [0.15, 0.2) is 60.7 Å². The molecule has 2 aromatic carbocycles. The maximum atomic E-state index is 12.1. The van der Waals surface area contributed by atoms with E-state index in [9.17, 15) is 9.90 Å². The molecular formula is C19H20O4. The maximum absolute atomic E-state index is 12.1. The summed E-state index contributed by atoms with van der Waals surface area (Å²) < 4.78 is 0. The first kappa shape index (κ1) is 15.9. The number of ketones is 1. The van der Waals surface area contributed by atoms with Gasteiger partial charge >= 0.3 is 0 Å². The fourth-order valence-electron chi connectivity index (χ4n) is 3.16. The van der Waals surface area contributed by atoms with Gasteiger partial charge in [-0.3, -0.25) is 4.79 Å². The Bertz CT molecular complexity index is 640. The van der Waals surface area contributed by atoms with Crippen LogP contribution in [0.1, 0.15) is 31.4 Å². The maximum Gasteiger partial charge on any atom is 0.206 e. The molecule has 1 N–H and O–H groups in total. The van der Waals surface area contributed by atoms with Gasteiger partial charge in [0.15, 0.2) is 5.60 Å². The van der Waals surface area contributed by atoms with E-state index in [4.69, 9.17) is 9.78 Å². The van der Waals surface area contributed by atoms with Crippen LogP contribution in [0.4, 0.5) is 0 Å². The van der Waals surface area contributed by atoms with Gasteiger partial charge in [0.2, 0.25) is 5.79 Å². The van der Waals surface area contributed by atoms with Crippen LogP contribution in [0.2, 0.25) is 0 Å². The lowest BCUT2D eigenvalue weighted by atomic mass is 9.75. The SMILES string of the molecule is CC(=O)[C@@H]1CC(c2ccccc2)(c2ccccc2)OO[C@]1(C)O. The molecule has 0 aliphatic carbocycles. The first-order chi connectivity index (χ1) is 11.0. The molecule has 1 heterocycles. The first-order valence-electron chi connectivity index (χ1n) is 7.66. The standard InChI is InChI=1S/C19H20O4/c1-14(20)17-13-19(23-22-18(17,2)21,15-9-5-3-6-10-15)16-11-7-4-8-12-16/h3-12,17,21H,13H2,1-2H3/t17-,18-/m0/s1. The molecule has 23 heavy (non-hydrogen) atoms. The highest BCUT2D eigenvalue weighted by Gasteiger charge is 2.52. The minimum Gasteiger partial charge on any atom is -0.363 e. The fourth-order valence-corrected chi connectivity index (χ4v) is 3.16. The van der Waals surface area contributed by atoms with Crippen molar-refractivity contribution in [2.75, 3.05) is 0 Å². The second-order valence-corrected chi connectivity index (χ2v) is 6.15. The monoisotopic (exact) mass is 312 g/mol. The zero-order chi connectivity index (χ0) is 16.5. The highest BCUT2D eigenvalue weighted by molar-refractivity contribution is 5.79. The average molecular weight is 312 g/mol. The molecule has 0 amide bonds. The number of rotatable bonds is 3. The summed E-state index contributed by atoms with van der Waals surface area (Å²) in [5.74, 6) is -2.45. The van der Waals surface area contributed by atoms with Crippen molar-refractivity contribution in [3.63, 3.8) is 0 Å². The second-order valence-electron chi connectivity index (χ2n) is 6.15. The van der Waals surface area contributed by atoms with Gasteiger partial charge in [-0.25, -0.2) is 4.89 Å². The quantitative estimate of drug-likeness (QED) is 0.884. The summed E-state index contributed by atoms with van der Waals surface area (Å²) in [6.07, 6.45) is 0.309. The molecule has 4 heteroatoms. The van der Waals surface area contributed by atoms with Crippen molar-refractivity contribution in [1.29, 1.82) is 0 Å². The van der Waals surface area contributed by atoms with Gasteiger partial charge in [-0.15, -0.1) is 0 Å². The molecule has 0 spiro atoms. The van der Waals surface area contributed by atoms with Gasteiger partial charge < -0.3 is 5.11 Å². The number of Topliss-reactive ketones (excluding diaryl/α,β-unsaturated/α-hetero) is 1. The van der Waals surface area contributed by atoms with Gasteiger partial charge in [-0.1, -0.05) is 60.7 Å². The molecule has 0 aromatic heterocycles.